The molecule has 2 N–H and O–H groups in total. The van der Waals surface area contributed by atoms with Gasteiger partial charge in [-0.15, -0.1) is 0 Å². The van der Waals surface area contributed by atoms with E-state index < -0.39 is 0 Å². The lowest BCUT2D eigenvalue weighted by Crippen LogP contribution is -2.13. The molecular weight excluding hydrogens is 200 g/mol. The van der Waals surface area contributed by atoms with Crippen molar-refractivity contribution in [3.05, 3.63) is 29.7 Å². The zero-order valence-electron chi connectivity index (χ0n) is 10.1. The highest BCUT2D eigenvalue weighted by Gasteiger charge is 2.15. The summed E-state index contributed by atoms with van der Waals surface area (Å²) < 4.78 is 1.84. The molecule has 2 aromatic heterocycles. The summed E-state index contributed by atoms with van der Waals surface area (Å²) >= 11 is 0. The third kappa shape index (κ3) is 1.93. The second kappa shape index (κ2) is 3.87. The second-order valence-electron chi connectivity index (χ2n) is 5.07. The fourth-order valence-corrected chi connectivity index (χ4v) is 1.64. The Hall–Kier alpha value is -1.42. The molecule has 0 saturated heterocycles. The van der Waals surface area contributed by atoms with Gasteiger partial charge in [0.1, 0.15) is 0 Å². The first kappa shape index (κ1) is 11.1. The van der Waals surface area contributed by atoms with Gasteiger partial charge in [-0.25, -0.2) is 9.50 Å². The molecule has 4 heteroatoms. The van der Waals surface area contributed by atoms with Gasteiger partial charge < -0.3 is 5.73 Å². The van der Waals surface area contributed by atoms with Gasteiger partial charge in [-0.1, -0.05) is 20.8 Å². The molecule has 16 heavy (non-hydrogen) atoms. The Labute approximate surface area is 95.5 Å². The molecule has 0 radical (unpaired) electrons. The zero-order chi connectivity index (χ0) is 11.8. The van der Waals surface area contributed by atoms with Gasteiger partial charge in [0.2, 0.25) is 0 Å². The summed E-state index contributed by atoms with van der Waals surface area (Å²) in [5.41, 5.74) is 8.86. The minimum Gasteiger partial charge on any atom is -0.330 e. The average molecular weight is 218 g/mol. The minimum absolute atomic E-state index is 0.0984. The smallest absolute Gasteiger partial charge is 0.158 e. The van der Waals surface area contributed by atoms with Gasteiger partial charge in [0.25, 0.3) is 0 Å². The summed E-state index contributed by atoms with van der Waals surface area (Å²) in [4.78, 5) is 4.47. The van der Waals surface area contributed by atoms with Crippen molar-refractivity contribution in [2.24, 2.45) is 5.73 Å². The molecule has 86 valence electrons. The molecule has 0 aromatic carbocycles. The van der Waals surface area contributed by atoms with Crippen LogP contribution in [0.25, 0.3) is 5.65 Å². The van der Waals surface area contributed by atoms with Crippen LogP contribution in [0.4, 0.5) is 0 Å². The molecule has 0 saturated carbocycles. The van der Waals surface area contributed by atoms with Crippen molar-refractivity contribution < 1.29 is 0 Å². The van der Waals surface area contributed by atoms with Gasteiger partial charge >= 0.3 is 0 Å². The maximum Gasteiger partial charge on any atom is 0.158 e. The molecule has 0 amide bonds. The number of hydrogen-bond acceptors (Lipinski definition) is 3. The Morgan fingerprint density at radius 3 is 2.69 bits per heavy atom. The van der Waals surface area contributed by atoms with E-state index in [0.717, 1.165) is 17.6 Å². The number of fused-ring (bicyclic) bond motifs is 1. The maximum absolute atomic E-state index is 5.55. The highest BCUT2D eigenvalue weighted by molar-refractivity contribution is 5.46. The van der Waals surface area contributed by atoms with Crippen LogP contribution in [-0.2, 0) is 11.8 Å². The van der Waals surface area contributed by atoms with Crippen molar-refractivity contribution in [1.29, 1.82) is 0 Å². The lowest BCUT2D eigenvalue weighted by atomic mass is 9.89. The molecule has 2 heterocycles. The van der Waals surface area contributed by atoms with E-state index in [0.29, 0.717) is 6.54 Å². The Bertz CT molecular complexity index is 493. The van der Waals surface area contributed by atoms with E-state index in [4.69, 9.17) is 5.73 Å². The van der Waals surface area contributed by atoms with Gasteiger partial charge in [-0.2, -0.15) is 5.10 Å². The van der Waals surface area contributed by atoms with Crippen LogP contribution in [0.5, 0.6) is 0 Å². The number of rotatable bonds is 2. The van der Waals surface area contributed by atoms with Gasteiger partial charge in [-0.3, -0.25) is 0 Å². The van der Waals surface area contributed by atoms with Crippen LogP contribution in [0.2, 0.25) is 0 Å². The molecule has 0 aliphatic rings. The largest absolute Gasteiger partial charge is 0.330 e. The Morgan fingerprint density at radius 1 is 1.31 bits per heavy atom. The molecule has 0 atom stereocenters. The molecule has 0 aliphatic heterocycles. The second-order valence-corrected chi connectivity index (χ2v) is 5.07. The van der Waals surface area contributed by atoms with E-state index in [2.05, 4.69) is 30.9 Å². The lowest BCUT2D eigenvalue weighted by molar-refractivity contribution is 0.581. The van der Waals surface area contributed by atoms with Crippen molar-refractivity contribution >= 4 is 5.65 Å². The fraction of sp³-hybridized carbons (Fsp3) is 0.500. The zero-order valence-corrected chi connectivity index (χ0v) is 10.1. The van der Waals surface area contributed by atoms with E-state index in [1.54, 1.807) is 0 Å². The third-order valence-corrected chi connectivity index (χ3v) is 2.71. The summed E-state index contributed by atoms with van der Waals surface area (Å²) in [5.74, 6) is 0. The Balaban J connectivity index is 2.49. The van der Waals surface area contributed by atoms with Crippen LogP contribution < -0.4 is 5.73 Å². The number of nitrogens with two attached hydrogens (primary N) is 1. The van der Waals surface area contributed by atoms with E-state index in [9.17, 15) is 0 Å². The average Bonchev–Trinajstić information content (AvgIpc) is 2.60. The first-order chi connectivity index (χ1) is 7.52. The summed E-state index contributed by atoms with van der Waals surface area (Å²) in [5, 5.41) is 4.31. The molecule has 4 nitrogen and oxygen atoms in total. The molecule has 2 aromatic rings. The van der Waals surface area contributed by atoms with Crippen molar-refractivity contribution in [2.75, 3.05) is 6.54 Å². The monoisotopic (exact) mass is 218 g/mol. The lowest BCUT2D eigenvalue weighted by Gasteiger charge is -2.18. The fourth-order valence-electron chi connectivity index (χ4n) is 1.64. The number of aromatic nitrogens is 3. The third-order valence-electron chi connectivity index (χ3n) is 2.71. The van der Waals surface area contributed by atoms with Crippen LogP contribution >= 0.6 is 0 Å². The Kier molecular flexibility index (Phi) is 2.68. The molecular formula is C12H18N4. The highest BCUT2D eigenvalue weighted by atomic mass is 15.2. The normalized spacial score (nSPS) is 12.2. The predicted octanol–water partition coefficient (Wildman–Crippen LogP) is 1.53. The van der Waals surface area contributed by atoms with E-state index in [-0.39, 0.29) is 5.41 Å². The van der Waals surface area contributed by atoms with Crippen LogP contribution in [0, 0.1) is 0 Å². The van der Waals surface area contributed by atoms with Crippen LogP contribution in [0.3, 0.4) is 0 Å². The maximum atomic E-state index is 5.55. The van der Waals surface area contributed by atoms with Gasteiger partial charge in [0.15, 0.2) is 5.65 Å². The molecule has 2 rings (SSSR count). The van der Waals surface area contributed by atoms with Crippen molar-refractivity contribution in [2.45, 2.75) is 32.6 Å². The quantitative estimate of drug-likeness (QED) is 0.831. The Morgan fingerprint density at radius 2 is 2.06 bits per heavy atom. The first-order valence-electron chi connectivity index (χ1n) is 5.55. The molecule has 0 fully saturated rings. The summed E-state index contributed by atoms with van der Waals surface area (Å²) in [6.07, 6.45) is 6.65. The van der Waals surface area contributed by atoms with Crippen LogP contribution in [-0.4, -0.2) is 21.1 Å². The topological polar surface area (TPSA) is 56.2 Å². The predicted molar refractivity (Wildman–Crippen MR) is 64.4 cm³/mol. The highest BCUT2D eigenvalue weighted by Crippen LogP contribution is 2.21. The van der Waals surface area contributed by atoms with Gasteiger partial charge in [0.05, 0.1) is 6.20 Å². The molecule has 0 aliphatic carbocycles. The van der Waals surface area contributed by atoms with E-state index >= 15 is 0 Å². The molecule has 0 unspecified atom stereocenters. The number of nitrogens with zero attached hydrogens (tertiary/aromatic N) is 3. The minimum atomic E-state index is 0.0984. The van der Waals surface area contributed by atoms with Gasteiger partial charge in [0, 0.05) is 18.0 Å². The van der Waals surface area contributed by atoms with Gasteiger partial charge in [-0.05, 0) is 23.9 Å². The van der Waals surface area contributed by atoms with Crippen molar-refractivity contribution in [1.82, 2.24) is 14.6 Å². The molecule has 0 spiro atoms. The van der Waals surface area contributed by atoms with Crippen molar-refractivity contribution in [3.63, 3.8) is 0 Å². The van der Waals surface area contributed by atoms with Crippen LogP contribution in [0.15, 0.2) is 18.6 Å². The van der Waals surface area contributed by atoms with E-state index in [1.165, 1.54) is 5.56 Å². The van der Waals surface area contributed by atoms with Crippen LogP contribution in [0.1, 0.15) is 31.9 Å². The summed E-state index contributed by atoms with van der Waals surface area (Å²) in [7, 11) is 0. The SMILES string of the molecule is CC(C)(C)c1cnc2c(CCN)cnn2c1. The summed E-state index contributed by atoms with van der Waals surface area (Å²) in [6, 6.07) is 0. The number of hydrogen-bond donors (Lipinski definition) is 1. The summed E-state index contributed by atoms with van der Waals surface area (Å²) in [6.45, 7) is 7.13. The standard InChI is InChI=1S/C12H18N4/c1-12(2,3)10-7-14-11-9(4-5-13)6-15-16(11)8-10/h6-8H,4-5,13H2,1-3H3. The van der Waals surface area contributed by atoms with E-state index in [1.807, 2.05) is 23.1 Å². The first-order valence-corrected chi connectivity index (χ1v) is 5.55. The van der Waals surface area contributed by atoms with Crippen molar-refractivity contribution in [3.8, 4) is 0 Å². The molecule has 0 bridgehead atoms.